The summed E-state index contributed by atoms with van der Waals surface area (Å²) in [6.07, 6.45) is 1.57. The monoisotopic (exact) mass is 298 g/mol. The Morgan fingerprint density at radius 3 is 2.89 bits per heavy atom. The maximum absolute atomic E-state index is 11.9. The molecule has 102 valence electrons. The summed E-state index contributed by atoms with van der Waals surface area (Å²) < 4.78 is 1.33. The molecule has 0 aliphatic heterocycles. The van der Waals surface area contributed by atoms with Gasteiger partial charge in [0.1, 0.15) is 10.0 Å². The van der Waals surface area contributed by atoms with Gasteiger partial charge < -0.3 is 5.32 Å². The zero-order valence-electron chi connectivity index (χ0n) is 11.0. The lowest BCUT2D eigenvalue weighted by atomic mass is 10.3. The van der Waals surface area contributed by atoms with Crippen molar-refractivity contribution in [3.05, 3.63) is 37.7 Å². The van der Waals surface area contributed by atoms with E-state index in [0.29, 0.717) is 12.2 Å². The Kier molecular flexibility index (Phi) is 4.21. The van der Waals surface area contributed by atoms with Gasteiger partial charge in [0.05, 0.1) is 17.9 Å². The average molecular weight is 299 g/mol. The van der Waals surface area contributed by atoms with Crippen LogP contribution in [-0.4, -0.2) is 14.8 Å². The standard InChI is InChI=1S/C12H15ClN4OS/c1-4-17-12(18)10(13)9(5-14-17)16-8(3)11-15-7(2)6-19-11/h5-6,8,16H,4H2,1-3H3. The van der Waals surface area contributed by atoms with Crippen LogP contribution in [0.4, 0.5) is 5.69 Å². The van der Waals surface area contributed by atoms with Gasteiger partial charge in [0.15, 0.2) is 0 Å². The molecule has 0 bridgehead atoms. The van der Waals surface area contributed by atoms with E-state index < -0.39 is 0 Å². The highest BCUT2D eigenvalue weighted by Crippen LogP contribution is 2.24. The summed E-state index contributed by atoms with van der Waals surface area (Å²) in [5, 5.41) is 10.3. The van der Waals surface area contributed by atoms with Gasteiger partial charge in [0.25, 0.3) is 5.56 Å². The van der Waals surface area contributed by atoms with Crippen LogP contribution >= 0.6 is 22.9 Å². The molecule has 2 aromatic rings. The van der Waals surface area contributed by atoms with Gasteiger partial charge in [-0.05, 0) is 20.8 Å². The highest BCUT2D eigenvalue weighted by Gasteiger charge is 2.14. The second-order valence-corrected chi connectivity index (χ2v) is 5.45. The maximum Gasteiger partial charge on any atom is 0.287 e. The first kappa shape index (κ1) is 14.0. The predicted molar refractivity (Wildman–Crippen MR) is 78.1 cm³/mol. The number of thiazole rings is 1. The minimum atomic E-state index is -0.281. The third-order valence-corrected chi connectivity index (χ3v) is 4.17. The Hall–Kier alpha value is -1.40. The lowest BCUT2D eigenvalue weighted by Crippen LogP contribution is -2.23. The van der Waals surface area contributed by atoms with Crippen molar-refractivity contribution in [2.24, 2.45) is 0 Å². The fourth-order valence-electron chi connectivity index (χ4n) is 1.66. The van der Waals surface area contributed by atoms with Crippen molar-refractivity contribution in [2.75, 3.05) is 5.32 Å². The molecule has 2 aromatic heterocycles. The van der Waals surface area contributed by atoms with Crippen molar-refractivity contribution in [2.45, 2.75) is 33.4 Å². The van der Waals surface area contributed by atoms with E-state index in [4.69, 9.17) is 11.6 Å². The van der Waals surface area contributed by atoms with Crippen LogP contribution in [0.25, 0.3) is 0 Å². The molecule has 0 amide bonds. The molecular weight excluding hydrogens is 284 g/mol. The first-order chi connectivity index (χ1) is 9.02. The number of aromatic nitrogens is 3. The summed E-state index contributed by atoms with van der Waals surface area (Å²) in [7, 11) is 0. The normalized spacial score (nSPS) is 12.4. The average Bonchev–Trinajstić information content (AvgIpc) is 2.82. The van der Waals surface area contributed by atoms with Gasteiger partial charge >= 0.3 is 0 Å². The fraction of sp³-hybridized carbons (Fsp3) is 0.417. The van der Waals surface area contributed by atoms with Crippen LogP contribution in [0.15, 0.2) is 16.4 Å². The largest absolute Gasteiger partial charge is 0.373 e. The van der Waals surface area contributed by atoms with Crippen LogP contribution in [0.5, 0.6) is 0 Å². The first-order valence-corrected chi connectivity index (χ1v) is 7.22. The van der Waals surface area contributed by atoms with Crippen LogP contribution in [0.2, 0.25) is 5.02 Å². The quantitative estimate of drug-likeness (QED) is 0.943. The summed E-state index contributed by atoms with van der Waals surface area (Å²) in [4.78, 5) is 16.3. The number of anilines is 1. The van der Waals surface area contributed by atoms with E-state index >= 15 is 0 Å². The van der Waals surface area contributed by atoms with Crippen molar-refractivity contribution in [3.8, 4) is 0 Å². The molecule has 7 heteroatoms. The van der Waals surface area contributed by atoms with Gasteiger partial charge in [-0.25, -0.2) is 9.67 Å². The van der Waals surface area contributed by atoms with E-state index in [9.17, 15) is 4.79 Å². The molecule has 0 aliphatic carbocycles. The molecule has 0 saturated carbocycles. The third-order valence-electron chi connectivity index (χ3n) is 2.66. The minimum Gasteiger partial charge on any atom is -0.373 e. The molecule has 0 fully saturated rings. The number of aryl methyl sites for hydroxylation is 2. The lowest BCUT2D eigenvalue weighted by molar-refractivity contribution is 0.615. The fourth-order valence-corrected chi connectivity index (χ4v) is 2.66. The Bertz CT molecular complexity index is 637. The molecule has 0 spiro atoms. The van der Waals surface area contributed by atoms with E-state index in [2.05, 4.69) is 15.4 Å². The van der Waals surface area contributed by atoms with Gasteiger partial charge in [-0.1, -0.05) is 11.6 Å². The van der Waals surface area contributed by atoms with E-state index in [0.717, 1.165) is 10.7 Å². The number of nitrogens with zero attached hydrogens (tertiary/aromatic N) is 3. The number of hydrogen-bond donors (Lipinski definition) is 1. The molecule has 0 saturated heterocycles. The second-order valence-electron chi connectivity index (χ2n) is 4.19. The van der Waals surface area contributed by atoms with E-state index in [1.807, 2.05) is 26.2 Å². The topological polar surface area (TPSA) is 59.8 Å². The van der Waals surface area contributed by atoms with Crippen molar-refractivity contribution >= 4 is 28.6 Å². The van der Waals surface area contributed by atoms with Gasteiger partial charge in [0, 0.05) is 17.6 Å². The van der Waals surface area contributed by atoms with Gasteiger partial charge in [-0.3, -0.25) is 4.79 Å². The van der Waals surface area contributed by atoms with Gasteiger partial charge in [-0.2, -0.15) is 5.10 Å². The zero-order chi connectivity index (χ0) is 14.0. The Balaban J connectivity index is 2.24. The first-order valence-electron chi connectivity index (χ1n) is 5.97. The van der Waals surface area contributed by atoms with Gasteiger partial charge in [-0.15, -0.1) is 11.3 Å². The Labute approximate surface area is 120 Å². The summed E-state index contributed by atoms with van der Waals surface area (Å²) in [6.45, 7) is 6.27. The molecule has 5 nitrogen and oxygen atoms in total. The summed E-state index contributed by atoms with van der Waals surface area (Å²) in [6, 6.07) is -0.0186. The molecule has 19 heavy (non-hydrogen) atoms. The van der Waals surface area contributed by atoms with E-state index in [-0.39, 0.29) is 16.6 Å². The third kappa shape index (κ3) is 2.96. The summed E-state index contributed by atoms with van der Waals surface area (Å²) >= 11 is 7.64. The van der Waals surface area contributed by atoms with Crippen LogP contribution in [0.1, 0.15) is 30.6 Å². The summed E-state index contributed by atoms with van der Waals surface area (Å²) in [5.41, 5.74) is 1.24. The lowest BCUT2D eigenvalue weighted by Gasteiger charge is -2.14. The number of rotatable bonds is 4. The highest BCUT2D eigenvalue weighted by molar-refractivity contribution is 7.09. The number of nitrogens with one attached hydrogen (secondary N) is 1. The highest BCUT2D eigenvalue weighted by atomic mass is 35.5. The van der Waals surface area contributed by atoms with Crippen molar-refractivity contribution < 1.29 is 0 Å². The Morgan fingerprint density at radius 2 is 2.32 bits per heavy atom. The second kappa shape index (κ2) is 5.71. The van der Waals surface area contributed by atoms with E-state index in [1.54, 1.807) is 17.5 Å². The smallest absolute Gasteiger partial charge is 0.287 e. The van der Waals surface area contributed by atoms with Gasteiger partial charge in [0.2, 0.25) is 0 Å². The molecular formula is C12H15ClN4OS. The number of hydrogen-bond acceptors (Lipinski definition) is 5. The van der Waals surface area contributed by atoms with Crippen molar-refractivity contribution in [1.29, 1.82) is 0 Å². The van der Waals surface area contributed by atoms with Crippen LogP contribution < -0.4 is 10.9 Å². The molecule has 2 heterocycles. The molecule has 1 unspecified atom stereocenters. The summed E-state index contributed by atoms with van der Waals surface area (Å²) in [5.74, 6) is 0. The maximum atomic E-state index is 11.9. The molecule has 2 rings (SSSR count). The number of halogens is 1. The predicted octanol–water partition coefficient (Wildman–Crippen LogP) is 2.85. The van der Waals surface area contributed by atoms with Crippen molar-refractivity contribution in [1.82, 2.24) is 14.8 Å². The van der Waals surface area contributed by atoms with Crippen LogP contribution in [-0.2, 0) is 6.54 Å². The molecule has 0 aromatic carbocycles. The van der Waals surface area contributed by atoms with Crippen LogP contribution in [0.3, 0.4) is 0 Å². The minimum absolute atomic E-state index is 0.0186. The molecule has 1 atom stereocenters. The van der Waals surface area contributed by atoms with Crippen LogP contribution in [0, 0.1) is 6.92 Å². The van der Waals surface area contributed by atoms with Crippen molar-refractivity contribution in [3.63, 3.8) is 0 Å². The molecule has 0 aliphatic rings. The Morgan fingerprint density at radius 1 is 1.58 bits per heavy atom. The SMILES string of the molecule is CCn1ncc(NC(C)c2nc(C)cs2)c(Cl)c1=O. The molecule has 0 radical (unpaired) electrons. The molecule has 1 N–H and O–H groups in total. The van der Waals surface area contributed by atoms with E-state index in [1.165, 1.54) is 4.68 Å². The zero-order valence-corrected chi connectivity index (χ0v) is 12.5.